The molecule has 0 aliphatic carbocycles. The number of carbonyl (C=O) groups excluding carboxylic acids is 1. The summed E-state index contributed by atoms with van der Waals surface area (Å²) in [5.41, 5.74) is 3.68. The Hall–Kier alpha value is -2.62. The van der Waals surface area contributed by atoms with Crippen LogP contribution >= 0.6 is 0 Å². The van der Waals surface area contributed by atoms with Crippen LogP contribution in [0.15, 0.2) is 54.9 Å². The van der Waals surface area contributed by atoms with Gasteiger partial charge in [-0.2, -0.15) is 0 Å². The molecule has 0 saturated heterocycles. The molecule has 2 heterocycles. The van der Waals surface area contributed by atoms with Gasteiger partial charge in [0.2, 0.25) is 5.91 Å². The SMILES string of the molecule is CC(C)C(=O)Nc1ccc(-c2cn3ccccc3n2)cc1. The molecule has 0 radical (unpaired) electrons. The number of rotatable bonds is 3. The summed E-state index contributed by atoms with van der Waals surface area (Å²) in [6, 6.07) is 13.7. The standard InChI is InChI=1S/C17H17N3O/c1-12(2)17(21)18-14-8-6-13(7-9-14)15-11-20-10-4-3-5-16(20)19-15/h3-12H,1-2H3,(H,18,21). The highest BCUT2D eigenvalue weighted by Crippen LogP contribution is 2.21. The van der Waals surface area contributed by atoms with Gasteiger partial charge in [0.15, 0.2) is 0 Å². The van der Waals surface area contributed by atoms with E-state index in [9.17, 15) is 4.79 Å². The number of carbonyl (C=O) groups is 1. The van der Waals surface area contributed by atoms with Crippen molar-refractivity contribution in [2.24, 2.45) is 5.92 Å². The fourth-order valence-electron chi connectivity index (χ4n) is 2.08. The van der Waals surface area contributed by atoms with Crippen molar-refractivity contribution in [3.63, 3.8) is 0 Å². The van der Waals surface area contributed by atoms with Gasteiger partial charge in [0.25, 0.3) is 0 Å². The number of fused-ring (bicyclic) bond motifs is 1. The summed E-state index contributed by atoms with van der Waals surface area (Å²) < 4.78 is 1.99. The van der Waals surface area contributed by atoms with E-state index in [1.807, 2.05) is 73.1 Å². The van der Waals surface area contributed by atoms with E-state index in [-0.39, 0.29) is 11.8 Å². The third-order valence-corrected chi connectivity index (χ3v) is 3.34. The van der Waals surface area contributed by atoms with Gasteiger partial charge in [-0.05, 0) is 24.3 Å². The lowest BCUT2D eigenvalue weighted by Gasteiger charge is -2.07. The zero-order chi connectivity index (χ0) is 14.8. The molecule has 4 nitrogen and oxygen atoms in total. The zero-order valence-corrected chi connectivity index (χ0v) is 12.1. The van der Waals surface area contributed by atoms with Crippen molar-refractivity contribution < 1.29 is 4.79 Å². The molecule has 0 spiro atoms. The van der Waals surface area contributed by atoms with Gasteiger partial charge in [-0.1, -0.05) is 32.0 Å². The van der Waals surface area contributed by atoms with Crippen molar-refractivity contribution >= 4 is 17.2 Å². The molecule has 1 aromatic carbocycles. The smallest absolute Gasteiger partial charge is 0.226 e. The van der Waals surface area contributed by atoms with Crippen molar-refractivity contribution in [2.45, 2.75) is 13.8 Å². The van der Waals surface area contributed by atoms with E-state index in [0.29, 0.717) is 0 Å². The van der Waals surface area contributed by atoms with Gasteiger partial charge in [0.1, 0.15) is 5.65 Å². The lowest BCUT2D eigenvalue weighted by molar-refractivity contribution is -0.118. The minimum atomic E-state index is -0.0249. The monoisotopic (exact) mass is 279 g/mol. The number of hydrogen-bond donors (Lipinski definition) is 1. The molecule has 0 aliphatic rings. The summed E-state index contributed by atoms with van der Waals surface area (Å²) in [7, 11) is 0. The highest BCUT2D eigenvalue weighted by molar-refractivity contribution is 5.92. The molecule has 0 unspecified atom stereocenters. The summed E-state index contributed by atoms with van der Waals surface area (Å²) in [6.07, 6.45) is 3.97. The summed E-state index contributed by atoms with van der Waals surface area (Å²) in [5, 5.41) is 2.88. The summed E-state index contributed by atoms with van der Waals surface area (Å²) in [6.45, 7) is 3.75. The Morgan fingerprint density at radius 1 is 1.14 bits per heavy atom. The highest BCUT2D eigenvalue weighted by Gasteiger charge is 2.08. The molecule has 0 saturated carbocycles. The third kappa shape index (κ3) is 2.79. The summed E-state index contributed by atoms with van der Waals surface area (Å²) in [5.74, 6) is -0.00130. The van der Waals surface area contributed by atoms with Crippen LogP contribution in [0.3, 0.4) is 0 Å². The van der Waals surface area contributed by atoms with E-state index in [2.05, 4.69) is 10.3 Å². The first-order valence-electron chi connectivity index (χ1n) is 6.98. The molecule has 2 aromatic heterocycles. The Morgan fingerprint density at radius 2 is 1.90 bits per heavy atom. The second kappa shape index (κ2) is 5.40. The highest BCUT2D eigenvalue weighted by atomic mass is 16.1. The predicted molar refractivity (Wildman–Crippen MR) is 84.1 cm³/mol. The molecule has 0 aliphatic heterocycles. The second-order valence-corrected chi connectivity index (χ2v) is 5.31. The van der Waals surface area contributed by atoms with Crippen LogP contribution < -0.4 is 5.32 Å². The maximum atomic E-state index is 11.7. The second-order valence-electron chi connectivity index (χ2n) is 5.31. The molecule has 106 valence electrons. The lowest BCUT2D eigenvalue weighted by Crippen LogP contribution is -2.17. The Balaban J connectivity index is 1.85. The van der Waals surface area contributed by atoms with Gasteiger partial charge in [0.05, 0.1) is 5.69 Å². The number of aromatic nitrogens is 2. The maximum absolute atomic E-state index is 11.7. The van der Waals surface area contributed by atoms with E-state index in [4.69, 9.17) is 0 Å². The molecule has 0 bridgehead atoms. The van der Waals surface area contributed by atoms with Gasteiger partial charge < -0.3 is 9.72 Å². The molecule has 4 heteroatoms. The minimum Gasteiger partial charge on any atom is -0.326 e. The predicted octanol–water partition coefficient (Wildman–Crippen LogP) is 3.60. The van der Waals surface area contributed by atoms with Crippen LogP contribution in [0, 0.1) is 5.92 Å². The van der Waals surface area contributed by atoms with Gasteiger partial charge in [-0.15, -0.1) is 0 Å². The molecular formula is C17H17N3O. The van der Waals surface area contributed by atoms with E-state index >= 15 is 0 Å². The Bertz CT molecular complexity index is 739. The van der Waals surface area contributed by atoms with Gasteiger partial charge in [-0.3, -0.25) is 4.79 Å². The van der Waals surface area contributed by atoms with Crippen LogP contribution in [-0.4, -0.2) is 15.3 Å². The van der Waals surface area contributed by atoms with Crippen molar-refractivity contribution in [2.75, 3.05) is 5.32 Å². The fourth-order valence-corrected chi connectivity index (χ4v) is 2.08. The molecular weight excluding hydrogens is 262 g/mol. The van der Waals surface area contributed by atoms with E-state index in [0.717, 1.165) is 22.6 Å². The molecule has 0 fully saturated rings. The first-order valence-corrected chi connectivity index (χ1v) is 6.98. The summed E-state index contributed by atoms with van der Waals surface area (Å²) in [4.78, 5) is 16.2. The van der Waals surface area contributed by atoms with Crippen LogP contribution in [0.5, 0.6) is 0 Å². The zero-order valence-electron chi connectivity index (χ0n) is 12.1. The molecule has 0 atom stereocenters. The number of anilines is 1. The van der Waals surface area contributed by atoms with Crippen LogP contribution in [0.25, 0.3) is 16.9 Å². The molecule has 1 N–H and O–H groups in total. The van der Waals surface area contributed by atoms with E-state index in [1.54, 1.807) is 0 Å². The van der Waals surface area contributed by atoms with Crippen molar-refractivity contribution in [3.8, 4) is 11.3 Å². The topological polar surface area (TPSA) is 46.4 Å². The third-order valence-electron chi connectivity index (χ3n) is 3.34. The molecule has 3 rings (SSSR count). The van der Waals surface area contributed by atoms with E-state index in [1.165, 1.54) is 0 Å². The Labute approximate surface area is 123 Å². The van der Waals surface area contributed by atoms with E-state index < -0.39 is 0 Å². The van der Waals surface area contributed by atoms with Crippen LogP contribution in [0.4, 0.5) is 5.69 Å². The van der Waals surface area contributed by atoms with Gasteiger partial charge >= 0.3 is 0 Å². The number of hydrogen-bond acceptors (Lipinski definition) is 2. The number of nitrogens with one attached hydrogen (secondary N) is 1. The van der Waals surface area contributed by atoms with Gasteiger partial charge in [-0.25, -0.2) is 4.98 Å². The first-order chi connectivity index (χ1) is 10.1. The fraction of sp³-hybridized carbons (Fsp3) is 0.176. The largest absolute Gasteiger partial charge is 0.326 e. The number of pyridine rings is 1. The average molecular weight is 279 g/mol. The molecule has 1 amide bonds. The van der Waals surface area contributed by atoms with Gasteiger partial charge in [0, 0.05) is 29.6 Å². The normalized spacial score (nSPS) is 11.0. The quantitative estimate of drug-likeness (QED) is 0.796. The van der Waals surface area contributed by atoms with Crippen molar-refractivity contribution in [1.29, 1.82) is 0 Å². The van der Waals surface area contributed by atoms with Crippen LogP contribution in [0.2, 0.25) is 0 Å². The van der Waals surface area contributed by atoms with Crippen LogP contribution in [0.1, 0.15) is 13.8 Å². The average Bonchev–Trinajstić information content (AvgIpc) is 2.91. The molecule has 21 heavy (non-hydrogen) atoms. The number of benzene rings is 1. The maximum Gasteiger partial charge on any atom is 0.226 e. The lowest BCUT2D eigenvalue weighted by atomic mass is 10.1. The Kier molecular flexibility index (Phi) is 3.44. The van der Waals surface area contributed by atoms with Crippen molar-refractivity contribution in [1.82, 2.24) is 9.38 Å². The first kappa shape index (κ1) is 13.4. The molecule has 3 aromatic rings. The Morgan fingerprint density at radius 3 is 2.57 bits per heavy atom. The summed E-state index contributed by atoms with van der Waals surface area (Å²) >= 11 is 0. The number of imidazole rings is 1. The number of nitrogens with zero attached hydrogens (tertiary/aromatic N) is 2. The van der Waals surface area contributed by atoms with Crippen LogP contribution in [-0.2, 0) is 4.79 Å². The number of amides is 1. The van der Waals surface area contributed by atoms with Crippen molar-refractivity contribution in [3.05, 3.63) is 54.9 Å². The minimum absolute atomic E-state index is 0.0236.